The minimum atomic E-state index is 0.511. The van der Waals surface area contributed by atoms with Crippen LogP contribution in [0.1, 0.15) is 46.5 Å². The van der Waals surface area contributed by atoms with E-state index < -0.39 is 0 Å². The summed E-state index contributed by atoms with van der Waals surface area (Å²) in [5, 5.41) is 3.58. The Morgan fingerprint density at radius 2 is 2.00 bits per heavy atom. The molecule has 66 valence electrons. The Morgan fingerprint density at radius 3 is 2.45 bits per heavy atom. The Balaban J connectivity index is 2.09. The smallest absolute Gasteiger partial charge is 0.00684 e. The lowest BCUT2D eigenvalue weighted by atomic mass is 9.88. The van der Waals surface area contributed by atoms with Gasteiger partial charge in [-0.15, -0.1) is 0 Å². The van der Waals surface area contributed by atoms with Gasteiger partial charge >= 0.3 is 0 Å². The monoisotopic (exact) mass is 155 g/mol. The maximum Gasteiger partial charge on any atom is 0.00684 e. The number of rotatable bonds is 5. The standard InChI is InChI=1S/C10H21N/c1-4-7-10(2,3)8-11-9-5-6-9/h9,11H,4-8H2,1-3H3. The topological polar surface area (TPSA) is 12.0 Å². The maximum atomic E-state index is 3.58. The molecule has 0 aromatic heterocycles. The third-order valence-electron chi connectivity index (χ3n) is 2.37. The molecule has 1 N–H and O–H groups in total. The molecule has 1 saturated carbocycles. The van der Waals surface area contributed by atoms with Crippen LogP contribution in [0.15, 0.2) is 0 Å². The molecule has 1 fully saturated rings. The third-order valence-corrected chi connectivity index (χ3v) is 2.37. The van der Waals surface area contributed by atoms with Gasteiger partial charge in [-0.3, -0.25) is 0 Å². The van der Waals surface area contributed by atoms with Crippen molar-refractivity contribution in [3.05, 3.63) is 0 Å². The van der Waals surface area contributed by atoms with Crippen LogP contribution in [0.4, 0.5) is 0 Å². The molecule has 0 saturated heterocycles. The van der Waals surface area contributed by atoms with Gasteiger partial charge in [0.25, 0.3) is 0 Å². The summed E-state index contributed by atoms with van der Waals surface area (Å²) >= 11 is 0. The molecule has 1 rings (SSSR count). The molecule has 0 spiro atoms. The van der Waals surface area contributed by atoms with E-state index in [1.165, 1.54) is 32.2 Å². The second kappa shape index (κ2) is 3.57. The van der Waals surface area contributed by atoms with E-state index in [1.807, 2.05) is 0 Å². The first-order chi connectivity index (χ1) is 5.14. The van der Waals surface area contributed by atoms with Crippen molar-refractivity contribution < 1.29 is 0 Å². The first-order valence-electron chi connectivity index (χ1n) is 4.87. The summed E-state index contributed by atoms with van der Waals surface area (Å²) in [7, 11) is 0. The first kappa shape index (κ1) is 9.05. The van der Waals surface area contributed by atoms with E-state index >= 15 is 0 Å². The van der Waals surface area contributed by atoms with Gasteiger partial charge in [-0.2, -0.15) is 0 Å². The molecule has 1 heteroatoms. The Hall–Kier alpha value is -0.0400. The van der Waals surface area contributed by atoms with Gasteiger partial charge in [0.1, 0.15) is 0 Å². The van der Waals surface area contributed by atoms with Gasteiger partial charge in [0.15, 0.2) is 0 Å². The highest BCUT2D eigenvalue weighted by Crippen LogP contribution is 2.24. The van der Waals surface area contributed by atoms with Gasteiger partial charge in [0.05, 0.1) is 0 Å². The van der Waals surface area contributed by atoms with Crippen molar-refractivity contribution in [1.82, 2.24) is 5.32 Å². The van der Waals surface area contributed by atoms with Crippen LogP contribution >= 0.6 is 0 Å². The highest BCUT2D eigenvalue weighted by molar-refractivity contribution is 4.83. The zero-order valence-electron chi connectivity index (χ0n) is 8.11. The fourth-order valence-corrected chi connectivity index (χ4v) is 1.47. The van der Waals surface area contributed by atoms with Crippen molar-refractivity contribution in [2.24, 2.45) is 5.41 Å². The molecule has 11 heavy (non-hydrogen) atoms. The van der Waals surface area contributed by atoms with E-state index in [9.17, 15) is 0 Å². The van der Waals surface area contributed by atoms with Crippen molar-refractivity contribution in [2.75, 3.05) is 6.54 Å². The Kier molecular flexibility index (Phi) is 2.94. The molecule has 0 aliphatic heterocycles. The summed E-state index contributed by atoms with van der Waals surface area (Å²) in [5.41, 5.74) is 0.511. The molecule has 1 aliphatic rings. The number of hydrogen-bond acceptors (Lipinski definition) is 1. The summed E-state index contributed by atoms with van der Waals surface area (Å²) in [6.07, 6.45) is 5.45. The summed E-state index contributed by atoms with van der Waals surface area (Å²) in [4.78, 5) is 0. The first-order valence-corrected chi connectivity index (χ1v) is 4.87. The van der Waals surface area contributed by atoms with E-state index in [1.54, 1.807) is 0 Å². The minimum Gasteiger partial charge on any atom is -0.313 e. The molecule has 0 atom stereocenters. The molecule has 0 heterocycles. The van der Waals surface area contributed by atoms with Crippen LogP contribution in [0.25, 0.3) is 0 Å². The number of hydrogen-bond donors (Lipinski definition) is 1. The third kappa shape index (κ3) is 3.76. The van der Waals surface area contributed by atoms with Crippen LogP contribution in [0.3, 0.4) is 0 Å². The van der Waals surface area contributed by atoms with E-state index in [0.717, 1.165) is 6.04 Å². The molecular formula is C10H21N. The fourth-order valence-electron chi connectivity index (χ4n) is 1.47. The Morgan fingerprint density at radius 1 is 1.36 bits per heavy atom. The molecular weight excluding hydrogens is 134 g/mol. The van der Waals surface area contributed by atoms with E-state index in [0.29, 0.717) is 5.41 Å². The van der Waals surface area contributed by atoms with Crippen LogP contribution < -0.4 is 5.32 Å². The zero-order chi connectivity index (χ0) is 8.32. The molecule has 0 aromatic rings. The molecule has 1 nitrogen and oxygen atoms in total. The van der Waals surface area contributed by atoms with Gasteiger partial charge in [-0.05, 0) is 24.7 Å². The van der Waals surface area contributed by atoms with E-state index in [-0.39, 0.29) is 0 Å². The van der Waals surface area contributed by atoms with Gasteiger partial charge in [0.2, 0.25) is 0 Å². The van der Waals surface area contributed by atoms with Gasteiger partial charge in [-0.25, -0.2) is 0 Å². The Bertz CT molecular complexity index is 114. The van der Waals surface area contributed by atoms with Crippen LogP contribution in [-0.4, -0.2) is 12.6 Å². The summed E-state index contributed by atoms with van der Waals surface area (Å²) in [5.74, 6) is 0. The van der Waals surface area contributed by atoms with Gasteiger partial charge in [0, 0.05) is 12.6 Å². The van der Waals surface area contributed by atoms with Crippen molar-refractivity contribution in [2.45, 2.75) is 52.5 Å². The molecule has 0 radical (unpaired) electrons. The van der Waals surface area contributed by atoms with Crippen molar-refractivity contribution in [1.29, 1.82) is 0 Å². The van der Waals surface area contributed by atoms with E-state index in [2.05, 4.69) is 26.1 Å². The van der Waals surface area contributed by atoms with E-state index in [4.69, 9.17) is 0 Å². The maximum absolute atomic E-state index is 3.58. The highest BCUT2D eigenvalue weighted by atomic mass is 15.0. The Labute approximate surface area is 70.6 Å². The van der Waals surface area contributed by atoms with Crippen molar-refractivity contribution in [3.63, 3.8) is 0 Å². The lowest BCUT2D eigenvalue weighted by Crippen LogP contribution is -2.30. The normalized spacial score (nSPS) is 18.8. The predicted molar refractivity (Wildman–Crippen MR) is 49.7 cm³/mol. The average Bonchev–Trinajstić information content (AvgIpc) is 2.65. The molecule has 0 amide bonds. The quantitative estimate of drug-likeness (QED) is 0.643. The molecule has 0 aromatic carbocycles. The van der Waals surface area contributed by atoms with Crippen molar-refractivity contribution in [3.8, 4) is 0 Å². The average molecular weight is 155 g/mol. The second-order valence-corrected chi connectivity index (χ2v) is 4.57. The molecule has 0 unspecified atom stereocenters. The largest absolute Gasteiger partial charge is 0.313 e. The van der Waals surface area contributed by atoms with Crippen molar-refractivity contribution >= 4 is 0 Å². The second-order valence-electron chi connectivity index (χ2n) is 4.57. The SMILES string of the molecule is CCCC(C)(C)CNC1CC1. The van der Waals surface area contributed by atoms with Gasteiger partial charge in [-0.1, -0.05) is 27.2 Å². The van der Waals surface area contributed by atoms with Crippen LogP contribution in [-0.2, 0) is 0 Å². The predicted octanol–water partition coefficient (Wildman–Crippen LogP) is 2.56. The number of nitrogens with one attached hydrogen (secondary N) is 1. The highest BCUT2D eigenvalue weighted by Gasteiger charge is 2.24. The minimum absolute atomic E-state index is 0.511. The summed E-state index contributed by atoms with van der Waals surface area (Å²) < 4.78 is 0. The lowest BCUT2D eigenvalue weighted by molar-refractivity contribution is 0.310. The zero-order valence-corrected chi connectivity index (χ0v) is 8.11. The van der Waals surface area contributed by atoms with Crippen LogP contribution in [0.2, 0.25) is 0 Å². The fraction of sp³-hybridized carbons (Fsp3) is 1.00. The lowest BCUT2D eigenvalue weighted by Gasteiger charge is -2.24. The molecule has 0 bridgehead atoms. The summed E-state index contributed by atoms with van der Waals surface area (Å²) in [6.45, 7) is 8.17. The van der Waals surface area contributed by atoms with Crippen LogP contribution in [0, 0.1) is 5.41 Å². The van der Waals surface area contributed by atoms with Gasteiger partial charge < -0.3 is 5.32 Å². The molecule has 1 aliphatic carbocycles. The summed E-state index contributed by atoms with van der Waals surface area (Å²) in [6, 6.07) is 0.867. The van der Waals surface area contributed by atoms with Crippen LogP contribution in [0.5, 0.6) is 0 Å².